The molecule has 8 nitrogen and oxygen atoms in total. The Bertz CT molecular complexity index is 534. The van der Waals surface area contributed by atoms with E-state index in [0.717, 1.165) is 12.8 Å². The van der Waals surface area contributed by atoms with Gasteiger partial charge in [0, 0.05) is 24.7 Å². The van der Waals surface area contributed by atoms with Gasteiger partial charge in [-0.05, 0) is 25.8 Å². The number of aromatic nitrogens is 1. The number of carbonyl (C=O) groups excluding carboxylic acids is 1. The van der Waals surface area contributed by atoms with E-state index < -0.39 is 11.0 Å². The van der Waals surface area contributed by atoms with Crippen LogP contribution in [0.1, 0.15) is 18.4 Å². The molecular weight excluding hydrogens is 262 g/mol. The van der Waals surface area contributed by atoms with Crippen molar-refractivity contribution in [3.05, 3.63) is 27.9 Å². The molecule has 2 rings (SSSR count). The molecule has 0 unspecified atom stereocenters. The number of amides is 2. The van der Waals surface area contributed by atoms with Gasteiger partial charge in [-0.15, -0.1) is 0 Å². The molecule has 0 bridgehead atoms. The molecule has 0 radical (unpaired) electrons. The van der Waals surface area contributed by atoms with Gasteiger partial charge in [0.1, 0.15) is 12.0 Å². The van der Waals surface area contributed by atoms with Crippen molar-refractivity contribution in [1.29, 1.82) is 0 Å². The summed E-state index contributed by atoms with van der Waals surface area (Å²) in [6, 6.07) is 1.27. The summed E-state index contributed by atoms with van der Waals surface area (Å²) < 4.78 is 0. The molecule has 1 atom stereocenters. The highest BCUT2D eigenvalue weighted by molar-refractivity contribution is 5.72. The third kappa shape index (κ3) is 3.14. The molecule has 20 heavy (non-hydrogen) atoms. The van der Waals surface area contributed by atoms with Gasteiger partial charge < -0.3 is 16.0 Å². The highest BCUT2D eigenvalue weighted by atomic mass is 16.6. The molecule has 0 spiro atoms. The predicted molar refractivity (Wildman–Crippen MR) is 73.4 cm³/mol. The number of hydrogen-bond acceptors (Lipinski definition) is 5. The first-order chi connectivity index (χ1) is 9.47. The Morgan fingerprint density at radius 1 is 1.65 bits per heavy atom. The summed E-state index contributed by atoms with van der Waals surface area (Å²) in [7, 11) is 0. The van der Waals surface area contributed by atoms with Crippen LogP contribution in [0.3, 0.4) is 0 Å². The molecule has 1 aromatic heterocycles. The standard InChI is InChI=1S/C12H17N5O3/c1-8-5-11(14-6-10(8)17(19)20)15-9-3-2-4-16(7-9)12(13)18/h5-6,9H,2-4,7H2,1H3,(H2,13,18)(H,14,15)/t9-/m0/s1. The summed E-state index contributed by atoms with van der Waals surface area (Å²) in [5, 5.41) is 13.9. The third-order valence-electron chi connectivity index (χ3n) is 3.36. The van der Waals surface area contributed by atoms with Crippen molar-refractivity contribution in [2.45, 2.75) is 25.8 Å². The maximum atomic E-state index is 11.2. The van der Waals surface area contributed by atoms with Crippen molar-refractivity contribution in [1.82, 2.24) is 9.88 Å². The van der Waals surface area contributed by atoms with Gasteiger partial charge in [0.2, 0.25) is 0 Å². The van der Waals surface area contributed by atoms with Crippen LogP contribution in [0.5, 0.6) is 0 Å². The fraction of sp³-hybridized carbons (Fsp3) is 0.500. The fourth-order valence-electron chi connectivity index (χ4n) is 2.32. The van der Waals surface area contributed by atoms with E-state index >= 15 is 0 Å². The number of aryl methyl sites for hydroxylation is 1. The third-order valence-corrected chi connectivity index (χ3v) is 3.36. The Hall–Kier alpha value is -2.38. The number of pyridine rings is 1. The van der Waals surface area contributed by atoms with Crippen molar-refractivity contribution >= 4 is 17.5 Å². The lowest BCUT2D eigenvalue weighted by Gasteiger charge is -2.32. The first-order valence-electron chi connectivity index (χ1n) is 6.39. The fourth-order valence-corrected chi connectivity index (χ4v) is 2.32. The zero-order chi connectivity index (χ0) is 14.7. The summed E-state index contributed by atoms with van der Waals surface area (Å²) in [6.07, 6.45) is 3.01. The minimum Gasteiger partial charge on any atom is -0.366 e. The molecule has 8 heteroatoms. The van der Waals surface area contributed by atoms with Gasteiger partial charge in [-0.25, -0.2) is 9.78 Å². The van der Waals surface area contributed by atoms with E-state index in [1.807, 2.05) is 0 Å². The van der Waals surface area contributed by atoms with E-state index in [9.17, 15) is 14.9 Å². The van der Waals surface area contributed by atoms with Gasteiger partial charge in [0.15, 0.2) is 0 Å². The van der Waals surface area contributed by atoms with Crippen LogP contribution in [-0.4, -0.2) is 40.0 Å². The molecule has 2 heterocycles. The number of likely N-dealkylation sites (tertiary alicyclic amines) is 1. The molecule has 3 N–H and O–H groups in total. The Morgan fingerprint density at radius 3 is 3.00 bits per heavy atom. The normalized spacial score (nSPS) is 18.6. The van der Waals surface area contributed by atoms with Crippen molar-refractivity contribution in [3.8, 4) is 0 Å². The van der Waals surface area contributed by atoms with Crippen LogP contribution in [0.4, 0.5) is 16.3 Å². The molecule has 0 aliphatic carbocycles. The lowest BCUT2D eigenvalue weighted by atomic mass is 10.1. The van der Waals surface area contributed by atoms with E-state index in [1.54, 1.807) is 17.9 Å². The van der Waals surface area contributed by atoms with Gasteiger partial charge in [0.25, 0.3) is 5.69 Å². The number of rotatable bonds is 3. The topological polar surface area (TPSA) is 114 Å². The van der Waals surface area contributed by atoms with E-state index in [2.05, 4.69) is 10.3 Å². The minimum atomic E-state index is -0.457. The Morgan fingerprint density at radius 2 is 2.40 bits per heavy atom. The van der Waals surface area contributed by atoms with Crippen LogP contribution in [0, 0.1) is 17.0 Å². The Labute approximate surface area is 116 Å². The van der Waals surface area contributed by atoms with Crippen molar-refractivity contribution in [2.24, 2.45) is 5.73 Å². The zero-order valence-corrected chi connectivity index (χ0v) is 11.2. The van der Waals surface area contributed by atoms with E-state index in [1.165, 1.54) is 6.20 Å². The smallest absolute Gasteiger partial charge is 0.314 e. The highest BCUT2D eigenvalue weighted by Gasteiger charge is 2.22. The van der Waals surface area contributed by atoms with Gasteiger partial charge in [-0.1, -0.05) is 0 Å². The Balaban J connectivity index is 2.04. The quantitative estimate of drug-likeness (QED) is 0.638. The number of primary amides is 1. The van der Waals surface area contributed by atoms with Gasteiger partial charge in [-0.2, -0.15) is 0 Å². The number of urea groups is 1. The van der Waals surface area contributed by atoms with Gasteiger partial charge in [0.05, 0.1) is 4.92 Å². The number of anilines is 1. The number of carbonyl (C=O) groups is 1. The lowest BCUT2D eigenvalue weighted by molar-refractivity contribution is -0.385. The molecule has 108 valence electrons. The number of piperidine rings is 1. The molecular formula is C12H17N5O3. The molecule has 0 saturated carbocycles. The number of nitrogens with two attached hydrogens (primary N) is 1. The number of nitrogens with one attached hydrogen (secondary N) is 1. The summed E-state index contributed by atoms with van der Waals surface area (Å²) in [6.45, 7) is 2.86. The number of hydrogen-bond donors (Lipinski definition) is 2. The second kappa shape index (κ2) is 5.72. The average Bonchev–Trinajstić information content (AvgIpc) is 2.38. The molecule has 1 aliphatic heterocycles. The summed E-state index contributed by atoms with van der Waals surface area (Å²) in [4.78, 5) is 27.0. The maximum absolute atomic E-state index is 11.2. The van der Waals surface area contributed by atoms with Crippen molar-refractivity contribution < 1.29 is 9.72 Å². The van der Waals surface area contributed by atoms with Crippen LogP contribution in [0.2, 0.25) is 0 Å². The molecule has 1 aromatic rings. The number of nitro groups is 1. The first-order valence-corrected chi connectivity index (χ1v) is 6.39. The van der Waals surface area contributed by atoms with Crippen LogP contribution >= 0.6 is 0 Å². The average molecular weight is 279 g/mol. The first kappa shape index (κ1) is 14.0. The monoisotopic (exact) mass is 279 g/mol. The lowest BCUT2D eigenvalue weighted by Crippen LogP contribution is -2.47. The minimum absolute atomic E-state index is 0.00189. The van der Waals surface area contributed by atoms with Gasteiger partial charge >= 0.3 is 6.03 Å². The highest BCUT2D eigenvalue weighted by Crippen LogP contribution is 2.21. The second-order valence-corrected chi connectivity index (χ2v) is 4.88. The van der Waals surface area contributed by atoms with E-state index in [0.29, 0.717) is 24.5 Å². The van der Waals surface area contributed by atoms with Crippen molar-refractivity contribution in [2.75, 3.05) is 18.4 Å². The summed E-state index contributed by atoms with van der Waals surface area (Å²) >= 11 is 0. The molecule has 1 aliphatic rings. The summed E-state index contributed by atoms with van der Waals surface area (Å²) in [5.41, 5.74) is 5.82. The SMILES string of the molecule is Cc1cc(N[C@H]2CCCN(C(N)=O)C2)ncc1[N+](=O)[O-]. The molecule has 2 amide bonds. The second-order valence-electron chi connectivity index (χ2n) is 4.88. The molecule has 1 saturated heterocycles. The van der Waals surface area contributed by atoms with Crippen molar-refractivity contribution in [3.63, 3.8) is 0 Å². The largest absolute Gasteiger partial charge is 0.366 e. The molecule has 0 aromatic carbocycles. The number of nitrogens with zero attached hydrogens (tertiary/aromatic N) is 3. The van der Waals surface area contributed by atoms with Crippen LogP contribution in [0.15, 0.2) is 12.3 Å². The van der Waals surface area contributed by atoms with E-state index in [4.69, 9.17) is 5.73 Å². The molecule has 1 fully saturated rings. The van der Waals surface area contributed by atoms with Crippen LogP contribution in [0.25, 0.3) is 0 Å². The van der Waals surface area contributed by atoms with Crippen LogP contribution < -0.4 is 11.1 Å². The predicted octanol–water partition coefficient (Wildman–Crippen LogP) is 1.25. The maximum Gasteiger partial charge on any atom is 0.314 e. The van der Waals surface area contributed by atoms with E-state index in [-0.39, 0.29) is 11.7 Å². The van der Waals surface area contributed by atoms with Gasteiger partial charge in [-0.3, -0.25) is 10.1 Å². The zero-order valence-electron chi connectivity index (χ0n) is 11.2. The van der Waals surface area contributed by atoms with Crippen LogP contribution in [-0.2, 0) is 0 Å². The summed E-state index contributed by atoms with van der Waals surface area (Å²) in [5.74, 6) is 0.574. The Kier molecular flexibility index (Phi) is 4.02.